The molecule has 0 aromatic rings. The van der Waals surface area contributed by atoms with E-state index in [-0.39, 0.29) is 12.8 Å². The van der Waals surface area contributed by atoms with Crippen molar-refractivity contribution in [3.05, 3.63) is 0 Å². The predicted molar refractivity (Wildman–Crippen MR) is 139 cm³/mol. The average molecular weight is 647 g/mol. The molecule has 0 aromatic carbocycles. The normalized spacial score (nSPS) is 50.5. The van der Waals surface area contributed by atoms with Crippen LogP contribution in [0, 0.1) is 5.92 Å². The van der Waals surface area contributed by atoms with Crippen molar-refractivity contribution in [3.63, 3.8) is 0 Å². The lowest BCUT2D eigenvalue weighted by atomic mass is 9.91. The van der Waals surface area contributed by atoms with Crippen LogP contribution in [0.5, 0.6) is 0 Å². The first-order valence-electron chi connectivity index (χ1n) is 14.6. The zero-order valence-electron chi connectivity index (χ0n) is 24.4. The second-order valence-electron chi connectivity index (χ2n) is 11.5. The van der Waals surface area contributed by atoms with Crippen molar-refractivity contribution in [2.45, 2.75) is 124 Å². The standard InChI is InChI=1S/C26H46O18/c1-9-14(5-27)40-25(20(35)18(9)33)38-13-4-11(32)24(42-16(13)7-29)44-22-17(8-30)43-26(21(36)19(22)34)39-12-3-10(31)23(37-2)41-15(12)6-28/h9-36H,3-8H2,1-2H3/t9?,10?,11?,12?,13?,14?,15-,16-,17?,18?,19?,20?,21?,22?,23+,24-,25?,26?/m0/s1. The maximum Gasteiger partial charge on any atom is 0.187 e. The van der Waals surface area contributed by atoms with E-state index in [1.165, 1.54) is 7.11 Å². The highest BCUT2D eigenvalue weighted by Gasteiger charge is 2.51. The SMILES string of the molecule is CO[C@@H]1O[C@@H](CO)C(OC2OC(CO)C(O[C@@H]3O[C@@H](CO)C(OC4OC(CO)C(C)C(O)C4O)CC3O)C(O)C2O)CC1O. The molecule has 0 aromatic heterocycles. The molecule has 258 valence electrons. The Morgan fingerprint density at radius 1 is 0.523 bits per heavy atom. The molecule has 4 saturated heterocycles. The van der Waals surface area contributed by atoms with Gasteiger partial charge in [-0.05, 0) is 0 Å². The Hall–Kier alpha value is -0.720. The molecule has 4 heterocycles. The van der Waals surface area contributed by atoms with Crippen LogP contribution in [0.15, 0.2) is 0 Å². The van der Waals surface area contributed by atoms with Crippen molar-refractivity contribution < 1.29 is 89.0 Å². The molecule has 14 unspecified atom stereocenters. The Labute approximate surface area is 253 Å². The highest BCUT2D eigenvalue weighted by Crippen LogP contribution is 2.34. The molecule has 10 N–H and O–H groups in total. The summed E-state index contributed by atoms with van der Waals surface area (Å²) in [7, 11) is 1.32. The molecule has 0 aliphatic carbocycles. The van der Waals surface area contributed by atoms with Gasteiger partial charge >= 0.3 is 0 Å². The van der Waals surface area contributed by atoms with Gasteiger partial charge in [-0.25, -0.2) is 0 Å². The van der Waals surface area contributed by atoms with Crippen molar-refractivity contribution in [3.8, 4) is 0 Å². The third-order valence-electron chi connectivity index (χ3n) is 8.59. The molecule has 4 aliphatic rings. The minimum atomic E-state index is -1.76. The average Bonchev–Trinajstić information content (AvgIpc) is 3.02. The highest BCUT2D eigenvalue weighted by molar-refractivity contribution is 4.94. The molecule has 4 rings (SSSR count). The summed E-state index contributed by atoms with van der Waals surface area (Å²) in [5.74, 6) is -0.597. The summed E-state index contributed by atoms with van der Waals surface area (Å²) in [5.41, 5.74) is 0. The second-order valence-corrected chi connectivity index (χ2v) is 11.5. The van der Waals surface area contributed by atoms with Gasteiger partial charge in [0, 0.05) is 25.9 Å². The quantitative estimate of drug-likeness (QED) is 0.100. The number of rotatable bonds is 11. The molecule has 18 heteroatoms. The van der Waals surface area contributed by atoms with E-state index in [0.717, 1.165) is 0 Å². The van der Waals surface area contributed by atoms with Gasteiger partial charge in [-0.1, -0.05) is 6.92 Å². The minimum Gasteiger partial charge on any atom is -0.394 e. The van der Waals surface area contributed by atoms with Crippen LogP contribution in [0.1, 0.15) is 19.8 Å². The highest BCUT2D eigenvalue weighted by atomic mass is 16.8. The number of methoxy groups -OCH3 is 1. The lowest BCUT2D eigenvalue weighted by Crippen LogP contribution is -2.64. The van der Waals surface area contributed by atoms with Crippen LogP contribution in [0.4, 0.5) is 0 Å². The number of aliphatic hydroxyl groups excluding tert-OH is 10. The molecule has 18 atom stereocenters. The fourth-order valence-electron chi connectivity index (χ4n) is 5.87. The molecule has 0 amide bonds. The summed E-state index contributed by atoms with van der Waals surface area (Å²) in [5, 5.41) is 103. The summed E-state index contributed by atoms with van der Waals surface area (Å²) < 4.78 is 44.6. The Balaban J connectivity index is 1.38. The summed E-state index contributed by atoms with van der Waals surface area (Å²) in [6, 6.07) is 0. The van der Waals surface area contributed by atoms with Crippen LogP contribution in [-0.4, -0.2) is 189 Å². The third-order valence-corrected chi connectivity index (χ3v) is 8.59. The van der Waals surface area contributed by atoms with Crippen molar-refractivity contribution in [1.29, 1.82) is 0 Å². The van der Waals surface area contributed by atoms with Gasteiger partial charge in [0.25, 0.3) is 0 Å². The van der Waals surface area contributed by atoms with Gasteiger partial charge in [0.05, 0.1) is 50.8 Å². The zero-order chi connectivity index (χ0) is 32.3. The summed E-state index contributed by atoms with van der Waals surface area (Å²) in [4.78, 5) is 0. The van der Waals surface area contributed by atoms with Crippen molar-refractivity contribution >= 4 is 0 Å². The Morgan fingerprint density at radius 2 is 0.955 bits per heavy atom. The van der Waals surface area contributed by atoms with E-state index in [4.69, 9.17) is 37.9 Å². The predicted octanol–water partition coefficient (Wildman–Crippen LogP) is -5.76. The van der Waals surface area contributed by atoms with Crippen LogP contribution >= 0.6 is 0 Å². The van der Waals surface area contributed by atoms with E-state index in [0.29, 0.717) is 0 Å². The van der Waals surface area contributed by atoms with E-state index in [2.05, 4.69) is 0 Å². The topological polar surface area (TPSA) is 276 Å². The fraction of sp³-hybridized carbons (Fsp3) is 1.00. The van der Waals surface area contributed by atoms with E-state index in [1.54, 1.807) is 6.92 Å². The lowest BCUT2D eigenvalue weighted by molar-refractivity contribution is -0.372. The number of hydrogen-bond acceptors (Lipinski definition) is 18. The van der Waals surface area contributed by atoms with E-state index in [1.807, 2.05) is 0 Å². The van der Waals surface area contributed by atoms with Gasteiger partial charge in [-0.3, -0.25) is 0 Å². The maximum absolute atomic E-state index is 10.9. The Kier molecular flexibility index (Phi) is 13.1. The molecular formula is C26H46O18. The summed E-state index contributed by atoms with van der Waals surface area (Å²) in [6.45, 7) is -0.744. The van der Waals surface area contributed by atoms with Gasteiger partial charge in [-0.2, -0.15) is 0 Å². The molecule has 4 fully saturated rings. The second kappa shape index (κ2) is 15.9. The van der Waals surface area contributed by atoms with E-state index >= 15 is 0 Å². The first kappa shape index (κ1) is 36.1. The zero-order valence-corrected chi connectivity index (χ0v) is 24.4. The van der Waals surface area contributed by atoms with Crippen LogP contribution in [0.25, 0.3) is 0 Å². The summed E-state index contributed by atoms with van der Waals surface area (Å²) in [6.07, 6.45) is -22.4. The first-order valence-corrected chi connectivity index (χ1v) is 14.6. The minimum absolute atomic E-state index is 0.0639. The molecular weight excluding hydrogens is 600 g/mol. The number of ether oxygens (including phenoxy) is 8. The van der Waals surface area contributed by atoms with Crippen molar-refractivity contribution in [1.82, 2.24) is 0 Å². The van der Waals surface area contributed by atoms with Crippen molar-refractivity contribution in [2.24, 2.45) is 5.92 Å². The fourth-order valence-corrected chi connectivity index (χ4v) is 5.87. The monoisotopic (exact) mass is 646 g/mol. The van der Waals surface area contributed by atoms with Crippen LogP contribution < -0.4 is 0 Å². The Morgan fingerprint density at radius 3 is 1.45 bits per heavy atom. The van der Waals surface area contributed by atoms with Gasteiger partial charge in [0.2, 0.25) is 0 Å². The van der Waals surface area contributed by atoms with E-state index < -0.39 is 137 Å². The molecule has 0 spiro atoms. The van der Waals surface area contributed by atoms with Gasteiger partial charge in [0.1, 0.15) is 54.9 Å². The number of aliphatic hydroxyl groups is 10. The molecule has 0 saturated carbocycles. The van der Waals surface area contributed by atoms with Crippen LogP contribution in [0.3, 0.4) is 0 Å². The van der Waals surface area contributed by atoms with Crippen LogP contribution in [0.2, 0.25) is 0 Å². The van der Waals surface area contributed by atoms with Gasteiger partial charge in [0.15, 0.2) is 25.2 Å². The smallest absolute Gasteiger partial charge is 0.187 e. The van der Waals surface area contributed by atoms with Crippen LogP contribution in [-0.2, 0) is 37.9 Å². The van der Waals surface area contributed by atoms with Gasteiger partial charge in [-0.15, -0.1) is 0 Å². The van der Waals surface area contributed by atoms with E-state index in [9.17, 15) is 51.1 Å². The third kappa shape index (κ3) is 7.70. The molecule has 0 bridgehead atoms. The molecule has 44 heavy (non-hydrogen) atoms. The van der Waals surface area contributed by atoms with Gasteiger partial charge < -0.3 is 89.0 Å². The largest absolute Gasteiger partial charge is 0.394 e. The molecule has 0 radical (unpaired) electrons. The first-order chi connectivity index (χ1) is 21.0. The maximum atomic E-state index is 10.9. The Bertz CT molecular complexity index is 867. The number of hydrogen-bond donors (Lipinski definition) is 10. The molecule has 4 aliphatic heterocycles. The lowest BCUT2D eigenvalue weighted by Gasteiger charge is -2.47. The van der Waals surface area contributed by atoms with Crippen molar-refractivity contribution in [2.75, 3.05) is 33.5 Å². The summed E-state index contributed by atoms with van der Waals surface area (Å²) >= 11 is 0. The molecule has 18 nitrogen and oxygen atoms in total.